The molecule has 0 aliphatic carbocycles. The van der Waals surface area contributed by atoms with Crippen molar-refractivity contribution in [2.24, 2.45) is 0 Å². The molecule has 1 amide bonds. The van der Waals surface area contributed by atoms with Gasteiger partial charge >= 0.3 is 0 Å². The lowest BCUT2D eigenvalue weighted by atomic mass is 10.1. The predicted molar refractivity (Wildman–Crippen MR) is 104 cm³/mol. The number of benzene rings is 2. The van der Waals surface area contributed by atoms with Gasteiger partial charge in [0, 0.05) is 18.2 Å². The van der Waals surface area contributed by atoms with Crippen LogP contribution < -0.4 is 15.6 Å². The van der Waals surface area contributed by atoms with Crippen molar-refractivity contribution >= 4 is 5.91 Å². The molecule has 1 heterocycles. The summed E-state index contributed by atoms with van der Waals surface area (Å²) in [6, 6.07) is 21.2. The van der Waals surface area contributed by atoms with Crippen molar-refractivity contribution < 1.29 is 9.53 Å². The number of ether oxygens (including phenoxy) is 1. The molecule has 1 N–H and O–H groups in total. The van der Waals surface area contributed by atoms with Crippen LogP contribution in [0, 0.1) is 11.3 Å². The molecule has 140 valence electrons. The number of carbonyl (C=O) groups excluding carboxylic acids is 1. The maximum atomic E-state index is 12.0. The SMILES string of the molecule is N#Cc1ccc(OCC(=O)NCCn2nc(-c3ccccc3)ccc2=O)cc1. The second-order valence-corrected chi connectivity index (χ2v) is 5.92. The maximum Gasteiger partial charge on any atom is 0.266 e. The fourth-order valence-corrected chi connectivity index (χ4v) is 2.50. The minimum Gasteiger partial charge on any atom is -0.484 e. The zero-order chi connectivity index (χ0) is 19.8. The first kappa shape index (κ1) is 18.9. The fourth-order valence-electron chi connectivity index (χ4n) is 2.50. The second-order valence-electron chi connectivity index (χ2n) is 5.92. The van der Waals surface area contributed by atoms with Crippen LogP contribution in [0.1, 0.15) is 5.56 Å². The van der Waals surface area contributed by atoms with Crippen LogP contribution in [-0.2, 0) is 11.3 Å². The van der Waals surface area contributed by atoms with Crippen LogP contribution in [0.2, 0.25) is 0 Å². The zero-order valence-electron chi connectivity index (χ0n) is 15.0. The Morgan fingerprint density at radius 1 is 1.07 bits per heavy atom. The first-order chi connectivity index (χ1) is 13.7. The predicted octanol–water partition coefficient (Wildman–Crippen LogP) is 1.98. The Labute approximate surface area is 161 Å². The Morgan fingerprint density at radius 2 is 1.82 bits per heavy atom. The first-order valence-corrected chi connectivity index (χ1v) is 8.69. The lowest BCUT2D eigenvalue weighted by molar-refractivity contribution is -0.123. The van der Waals surface area contributed by atoms with Crippen LogP contribution in [-0.4, -0.2) is 28.8 Å². The molecule has 0 aliphatic rings. The van der Waals surface area contributed by atoms with Gasteiger partial charge in [0.15, 0.2) is 6.61 Å². The summed E-state index contributed by atoms with van der Waals surface area (Å²) in [5, 5.41) is 15.8. The number of nitriles is 1. The van der Waals surface area contributed by atoms with Crippen molar-refractivity contribution in [3.8, 4) is 23.1 Å². The van der Waals surface area contributed by atoms with Crippen molar-refractivity contribution in [3.05, 3.63) is 82.6 Å². The molecular formula is C21H18N4O3. The highest BCUT2D eigenvalue weighted by atomic mass is 16.5. The molecule has 0 spiro atoms. The average Bonchev–Trinajstić information content (AvgIpc) is 2.74. The minimum atomic E-state index is -0.309. The van der Waals surface area contributed by atoms with E-state index in [2.05, 4.69) is 10.4 Å². The average molecular weight is 374 g/mol. The molecule has 0 unspecified atom stereocenters. The molecule has 0 fully saturated rings. The van der Waals surface area contributed by atoms with Crippen molar-refractivity contribution in [2.45, 2.75) is 6.54 Å². The number of amides is 1. The summed E-state index contributed by atoms with van der Waals surface area (Å²) >= 11 is 0. The Bertz CT molecular complexity index is 1040. The summed E-state index contributed by atoms with van der Waals surface area (Å²) in [6.45, 7) is 0.348. The van der Waals surface area contributed by atoms with E-state index >= 15 is 0 Å². The number of nitrogens with zero attached hydrogens (tertiary/aromatic N) is 3. The van der Waals surface area contributed by atoms with Crippen LogP contribution in [0.3, 0.4) is 0 Å². The molecule has 28 heavy (non-hydrogen) atoms. The summed E-state index contributed by atoms with van der Waals surface area (Å²) in [7, 11) is 0. The zero-order valence-corrected chi connectivity index (χ0v) is 15.0. The van der Waals surface area contributed by atoms with Gasteiger partial charge in [0.05, 0.1) is 23.9 Å². The molecule has 2 aromatic carbocycles. The summed E-state index contributed by atoms with van der Waals surface area (Å²) in [5.41, 5.74) is 1.89. The molecule has 7 heteroatoms. The van der Waals surface area contributed by atoms with Gasteiger partial charge in [-0.25, -0.2) is 4.68 Å². The van der Waals surface area contributed by atoms with E-state index in [4.69, 9.17) is 10.00 Å². The van der Waals surface area contributed by atoms with Crippen LogP contribution in [0.4, 0.5) is 0 Å². The lowest BCUT2D eigenvalue weighted by Gasteiger charge is -2.09. The Balaban J connectivity index is 1.51. The van der Waals surface area contributed by atoms with Gasteiger partial charge in [0.1, 0.15) is 5.75 Å². The largest absolute Gasteiger partial charge is 0.484 e. The van der Waals surface area contributed by atoms with E-state index in [1.165, 1.54) is 10.7 Å². The smallest absolute Gasteiger partial charge is 0.266 e. The summed E-state index contributed by atoms with van der Waals surface area (Å²) in [5.74, 6) is 0.194. The van der Waals surface area contributed by atoms with E-state index in [9.17, 15) is 9.59 Å². The van der Waals surface area contributed by atoms with Gasteiger partial charge in [-0.1, -0.05) is 30.3 Å². The van der Waals surface area contributed by atoms with E-state index in [0.29, 0.717) is 17.0 Å². The van der Waals surface area contributed by atoms with E-state index in [0.717, 1.165) is 5.56 Å². The van der Waals surface area contributed by atoms with Crippen LogP contribution in [0.15, 0.2) is 71.5 Å². The molecule has 3 aromatic rings. The third-order valence-electron chi connectivity index (χ3n) is 3.94. The Morgan fingerprint density at radius 3 is 2.54 bits per heavy atom. The van der Waals surface area contributed by atoms with Gasteiger partial charge in [0.25, 0.3) is 11.5 Å². The first-order valence-electron chi connectivity index (χ1n) is 8.69. The van der Waals surface area contributed by atoms with Gasteiger partial charge in [-0.2, -0.15) is 10.4 Å². The molecule has 0 saturated heterocycles. The molecule has 3 rings (SSSR count). The third-order valence-corrected chi connectivity index (χ3v) is 3.94. The quantitative estimate of drug-likeness (QED) is 0.682. The highest BCUT2D eigenvalue weighted by molar-refractivity contribution is 5.77. The van der Waals surface area contributed by atoms with Crippen LogP contribution >= 0.6 is 0 Å². The van der Waals surface area contributed by atoms with Crippen LogP contribution in [0.5, 0.6) is 5.75 Å². The number of nitrogens with one attached hydrogen (secondary N) is 1. The van der Waals surface area contributed by atoms with Gasteiger partial charge in [-0.15, -0.1) is 0 Å². The molecule has 0 aliphatic heterocycles. The molecule has 0 bridgehead atoms. The molecule has 0 saturated carbocycles. The molecule has 0 atom stereocenters. The highest BCUT2D eigenvalue weighted by Gasteiger charge is 2.06. The van der Waals surface area contributed by atoms with Gasteiger partial charge in [-0.05, 0) is 30.3 Å². The number of hydrogen-bond donors (Lipinski definition) is 1. The number of aromatic nitrogens is 2. The lowest BCUT2D eigenvalue weighted by Crippen LogP contribution is -2.34. The van der Waals surface area contributed by atoms with E-state index in [1.807, 2.05) is 36.4 Å². The number of hydrogen-bond acceptors (Lipinski definition) is 5. The van der Waals surface area contributed by atoms with E-state index < -0.39 is 0 Å². The maximum absolute atomic E-state index is 12.0. The topological polar surface area (TPSA) is 97.0 Å². The normalized spacial score (nSPS) is 10.1. The Kier molecular flexibility index (Phi) is 6.16. The highest BCUT2D eigenvalue weighted by Crippen LogP contribution is 2.14. The van der Waals surface area contributed by atoms with Crippen molar-refractivity contribution in [3.63, 3.8) is 0 Å². The summed E-state index contributed by atoms with van der Waals surface area (Å²) < 4.78 is 6.69. The number of rotatable bonds is 7. The third kappa shape index (κ3) is 5.05. The van der Waals surface area contributed by atoms with Gasteiger partial charge in [-0.3, -0.25) is 9.59 Å². The molecule has 1 aromatic heterocycles. The molecular weight excluding hydrogens is 356 g/mol. The molecule has 0 radical (unpaired) electrons. The van der Waals surface area contributed by atoms with Crippen molar-refractivity contribution in [1.82, 2.24) is 15.1 Å². The van der Waals surface area contributed by atoms with Crippen LogP contribution in [0.25, 0.3) is 11.3 Å². The fraction of sp³-hybridized carbons (Fsp3) is 0.143. The minimum absolute atomic E-state index is 0.154. The van der Waals surface area contributed by atoms with Crippen molar-refractivity contribution in [2.75, 3.05) is 13.2 Å². The van der Waals surface area contributed by atoms with E-state index in [-0.39, 0.29) is 31.2 Å². The monoisotopic (exact) mass is 374 g/mol. The van der Waals surface area contributed by atoms with E-state index in [1.54, 1.807) is 30.3 Å². The number of carbonyl (C=O) groups is 1. The van der Waals surface area contributed by atoms with Gasteiger partial charge < -0.3 is 10.1 Å². The molecule has 7 nitrogen and oxygen atoms in total. The standard InChI is InChI=1S/C21H18N4O3/c22-14-16-6-8-18(9-7-16)28-15-20(26)23-12-13-25-21(27)11-10-19(24-25)17-4-2-1-3-5-17/h1-11H,12-13,15H2,(H,23,26). The summed E-state index contributed by atoms with van der Waals surface area (Å²) in [4.78, 5) is 23.9. The van der Waals surface area contributed by atoms with Crippen molar-refractivity contribution in [1.29, 1.82) is 5.26 Å². The Hall–Kier alpha value is -3.92. The van der Waals surface area contributed by atoms with Gasteiger partial charge in [0.2, 0.25) is 0 Å². The summed E-state index contributed by atoms with van der Waals surface area (Å²) in [6.07, 6.45) is 0. The second kappa shape index (κ2) is 9.14.